The Balaban J connectivity index is 2.91. The Morgan fingerprint density at radius 1 is 1.50 bits per heavy atom. The topological polar surface area (TPSA) is 93.5 Å². The lowest BCUT2D eigenvalue weighted by Gasteiger charge is -2.23. The number of carbonyl (C=O) groups is 2. The second kappa shape index (κ2) is 5.94. The second-order valence-corrected chi connectivity index (χ2v) is 5.63. The monoisotopic (exact) mass is 283 g/mol. The number of amides is 1. The summed E-state index contributed by atoms with van der Waals surface area (Å²) in [7, 11) is 1.70. The fourth-order valence-electron chi connectivity index (χ4n) is 1.90. The van der Waals surface area contributed by atoms with Gasteiger partial charge in [-0.25, -0.2) is 4.79 Å². The fraction of sp³-hybridized carbons (Fsp3) is 0.615. The highest BCUT2D eigenvalue weighted by molar-refractivity contribution is 5.72. The maximum absolute atomic E-state index is 11.8. The Morgan fingerprint density at radius 2 is 2.10 bits per heavy atom. The SMILES string of the molecule is Cc1cnn(C)c1[C@H](CC(=O)O)NC(=O)OC(C)(C)C. The van der Waals surface area contributed by atoms with E-state index in [1.54, 1.807) is 38.7 Å². The number of alkyl carbamates (subject to hydrolysis) is 1. The summed E-state index contributed by atoms with van der Waals surface area (Å²) in [6.07, 6.45) is 0.741. The number of aryl methyl sites for hydroxylation is 2. The van der Waals surface area contributed by atoms with E-state index in [2.05, 4.69) is 10.4 Å². The zero-order valence-corrected chi connectivity index (χ0v) is 12.4. The number of hydrogen-bond acceptors (Lipinski definition) is 4. The van der Waals surface area contributed by atoms with Gasteiger partial charge >= 0.3 is 12.1 Å². The first-order valence-electron chi connectivity index (χ1n) is 6.30. The molecule has 0 spiro atoms. The molecule has 0 bridgehead atoms. The standard InChI is InChI=1S/C13H21N3O4/c1-8-7-14-16(5)11(8)9(6-10(17)18)15-12(19)20-13(2,3)4/h7,9H,6H2,1-5H3,(H,15,19)(H,17,18)/t9-/m0/s1. The Bertz CT molecular complexity index is 483. The third-order valence-electron chi connectivity index (χ3n) is 2.58. The molecule has 7 nitrogen and oxygen atoms in total. The minimum atomic E-state index is -1.01. The summed E-state index contributed by atoms with van der Waals surface area (Å²) in [5.74, 6) is -1.01. The molecule has 0 unspecified atom stereocenters. The van der Waals surface area contributed by atoms with Crippen molar-refractivity contribution in [1.82, 2.24) is 15.1 Å². The number of nitrogens with one attached hydrogen (secondary N) is 1. The van der Waals surface area contributed by atoms with E-state index in [1.807, 2.05) is 6.92 Å². The molecule has 112 valence electrons. The van der Waals surface area contributed by atoms with Crippen LogP contribution < -0.4 is 5.32 Å². The molecule has 7 heteroatoms. The van der Waals surface area contributed by atoms with Crippen molar-refractivity contribution in [2.45, 2.75) is 45.8 Å². The first kappa shape index (κ1) is 16.0. The highest BCUT2D eigenvalue weighted by atomic mass is 16.6. The average molecular weight is 283 g/mol. The molecule has 0 aliphatic carbocycles. The maximum atomic E-state index is 11.8. The highest BCUT2D eigenvalue weighted by Crippen LogP contribution is 2.21. The largest absolute Gasteiger partial charge is 0.481 e. The second-order valence-electron chi connectivity index (χ2n) is 5.63. The van der Waals surface area contributed by atoms with E-state index in [0.717, 1.165) is 5.56 Å². The molecule has 0 aliphatic rings. The van der Waals surface area contributed by atoms with E-state index in [1.165, 1.54) is 0 Å². The van der Waals surface area contributed by atoms with E-state index in [0.29, 0.717) is 5.69 Å². The molecule has 0 saturated heterocycles. The minimum Gasteiger partial charge on any atom is -0.481 e. The molecule has 0 fully saturated rings. The van der Waals surface area contributed by atoms with Crippen LogP contribution in [0.25, 0.3) is 0 Å². The van der Waals surface area contributed by atoms with Crippen molar-refractivity contribution in [3.05, 3.63) is 17.5 Å². The Hall–Kier alpha value is -2.05. The summed E-state index contributed by atoms with van der Waals surface area (Å²) in [4.78, 5) is 22.8. The Morgan fingerprint density at radius 3 is 2.50 bits per heavy atom. The minimum absolute atomic E-state index is 0.236. The van der Waals surface area contributed by atoms with Gasteiger partial charge in [0, 0.05) is 7.05 Å². The predicted molar refractivity (Wildman–Crippen MR) is 72.3 cm³/mol. The summed E-state index contributed by atoms with van der Waals surface area (Å²) in [5.41, 5.74) is 0.826. The number of ether oxygens (including phenoxy) is 1. The number of carbonyl (C=O) groups excluding carboxylic acids is 1. The van der Waals surface area contributed by atoms with Gasteiger partial charge in [0.05, 0.1) is 24.4 Å². The molecule has 0 aromatic carbocycles. The normalized spacial score (nSPS) is 12.8. The number of aromatic nitrogens is 2. The van der Waals surface area contributed by atoms with Gasteiger partial charge in [0.15, 0.2) is 0 Å². The van der Waals surface area contributed by atoms with Crippen molar-refractivity contribution < 1.29 is 19.4 Å². The molecular weight excluding hydrogens is 262 g/mol. The van der Waals surface area contributed by atoms with Crippen LogP contribution in [0.5, 0.6) is 0 Å². The Kier molecular flexibility index (Phi) is 4.75. The average Bonchev–Trinajstić information content (AvgIpc) is 2.53. The van der Waals surface area contributed by atoms with Crippen LogP contribution in [0.15, 0.2) is 6.20 Å². The molecule has 0 aliphatic heterocycles. The van der Waals surface area contributed by atoms with Gasteiger partial charge in [-0.05, 0) is 33.3 Å². The lowest BCUT2D eigenvalue weighted by atomic mass is 10.1. The van der Waals surface area contributed by atoms with Crippen LogP contribution in [0.3, 0.4) is 0 Å². The highest BCUT2D eigenvalue weighted by Gasteiger charge is 2.25. The van der Waals surface area contributed by atoms with Crippen LogP contribution in [0, 0.1) is 6.92 Å². The van der Waals surface area contributed by atoms with Gasteiger partial charge in [0.2, 0.25) is 0 Å². The lowest BCUT2D eigenvalue weighted by Crippen LogP contribution is -2.36. The molecular formula is C13H21N3O4. The number of carboxylic acid groups (broad SMARTS) is 1. The van der Waals surface area contributed by atoms with E-state index in [4.69, 9.17) is 9.84 Å². The first-order valence-corrected chi connectivity index (χ1v) is 6.30. The van der Waals surface area contributed by atoms with Gasteiger partial charge in [-0.1, -0.05) is 0 Å². The van der Waals surface area contributed by atoms with E-state index in [9.17, 15) is 9.59 Å². The van der Waals surface area contributed by atoms with Crippen molar-refractivity contribution in [3.63, 3.8) is 0 Å². The van der Waals surface area contributed by atoms with Gasteiger partial charge in [-0.15, -0.1) is 0 Å². The molecule has 2 N–H and O–H groups in total. The van der Waals surface area contributed by atoms with Crippen LogP contribution in [0.2, 0.25) is 0 Å². The molecule has 1 rings (SSSR count). The van der Waals surface area contributed by atoms with E-state index < -0.39 is 23.7 Å². The van der Waals surface area contributed by atoms with E-state index in [-0.39, 0.29) is 6.42 Å². The summed E-state index contributed by atoms with van der Waals surface area (Å²) >= 11 is 0. The van der Waals surface area contributed by atoms with Gasteiger partial charge in [0.1, 0.15) is 5.60 Å². The van der Waals surface area contributed by atoms with Crippen LogP contribution in [-0.4, -0.2) is 32.6 Å². The molecule has 0 radical (unpaired) electrons. The van der Waals surface area contributed by atoms with Crippen molar-refractivity contribution >= 4 is 12.1 Å². The van der Waals surface area contributed by atoms with Crippen molar-refractivity contribution in [3.8, 4) is 0 Å². The summed E-state index contributed by atoms with van der Waals surface area (Å²) in [6, 6.07) is -0.685. The molecule has 1 atom stereocenters. The van der Waals surface area contributed by atoms with Gasteiger partial charge in [0.25, 0.3) is 0 Å². The number of rotatable bonds is 4. The lowest BCUT2D eigenvalue weighted by molar-refractivity contribution is -0.137. The van der Waals surface area contributed by atoms with Crippen LogP contribution >= 0.6 is 0 Å². The van der Waals surface area contributed by atoms with Crippen molar-refractivity contribution in [1.29, 1.82) is 0 Å². The smallest absolute Gasteiger partial charge is 0.408 e. The van der Waals surface area contributed by atoms with Crippen molar-refractivity contribution in [2.24, 2.45) is 7.05 Å². The van der Waals surface area contributed by atoms with Gasteiger partial charge in [-0.2, -0.15) is 5.10 Å². The third-order valence-corrected chi connectivity index (χ3v) is 2.58. The molecule has 20 heavy (non-hydrogen) atoms. The number of aliphatic carboxylic acids is 1. The van der Waals surface area contributed by atoms with Crippen molar-refractivity contribution in [2.75, 3.05) is 0 Å². The number of carboxylic acids is 1. The Labute approximate surface area is 117 Å². The third kappa shape index (κ3) is 4.56. The maximum Gasteiger partial charge on any atom is 0.408 e. The number of nitrogens with zero attached hydrogens (tertiary/aromatic N) is 2. The zero-order chi connectivity index (χ0) is 15.5. The molecule has 1 heterocycles. The predicted octanol–water partition coefficient (Wildman–Crippen LogP) is 1.77. The molecule has 0 saturated carbocycles. The zero-order valence-electron chi connectivity index (χ0n) is 12.4. The van der Waals surface area contributed by atoms with Crippen LogP contribution in [-0.2, 0) is 16.6 Å². The first-order chi connectivity index (χ1) is 9.10. The number of hydrogen-bond donors (Lipinski definition) is 2. The summed E-state index contributed by atoms with van der Waals surface area (Å²) in [6.45, 7) is 7.05. The fourth-order valence-corrected chi connectivity index (χ4v) is 1.90. The van der Waals surface area contributed by atoms with E-state index >= 15 is 0 Å². The molecule has 1 aromatic rings. The molecule has 1 amide bonds. The van der Waals surface area contributed by atoms with Crippen LogP contribution in [0.4, 0.5) is 4.79 Å². The molecule has 1 aromatic heterocycles. The van der Waals surface area contributed by atoms with Gasteiger partial charge in [-0.3, -0.25) is 9.48 Å². The summed E-state index contributed by atoms with van der Waals surface area (Å²) in [5, 5.41) is 15.6. The summed E-state index contributed by atoms with van der Waals surface area (Å²) < 4.78 is 6.71. The quantitative estimate of drug-likeness (QED) is 0.878. The van der Waals surface area contributed by atoms with Crippen LogP contribution in [0.1, 0.15) is 44.5 Å². The van der Waals surface area contributed by atoms with Gasteiger partial charge < -0.3 is 15.2 Å².